The van der Waals surface area contributed by atoms with Gasteiger partial charge in [0.05, 0.1) is 12.6 Å². The van der Waals surface area contributed by atoms with Crippen molar-refractivity contribution in [2.24, 2.45) is 7.05 Å². The fraction of sp³-hybridized carbons (Fsp3) is 0.130. The number of rotatable bonds is 5. The van der Waals surface area contributed by atoms with Crippen LogP contribution >= 0.6 is 0 Å². The predicted molar refractivity (Wildman–Crippen MR) is 107 cm³/mol. The first-order valence-corrected chi connectivity index (χ1v) is 8.32. The summed E-state index contributed by atoms with van der Waals surface area (Å²) < 4.78 is 2.09. The van der Waals surface area contributed by atoms with E-state index < -0.39 is 0 Å². The fourth-order valence-electron chi connectivity index (χ4n) is 3.66. The number of hydrogen-bond acceptors (Lipinski definition) is 1. The van der Waals surface area contributed by atoms with Crippen LogP contribution in [0, 0.1) is 6.92 Å². The molecule has 1 heterocycles. The Kier molecular flexibility index (Phi) is 4.37. The van der Waals surface area contributed by atoms with Crippen LogP contribution in [0.25, 0.3) is 29.0 Å². The maximum atomic E-state index is 4.65. The molecule has 1 aliphatic rings. The molecule has 0 unspecified atom stereocenters. The number of fused-ring (bicyclic) bond motifs is 1. The van der Waals surface area contributed by atoms with Crippen LogP contribution in [0.3, 0.4) is 0 Å². The second-order valence-electron chi connectivity index (χ2n) is 6.20. The van der Waals surface area contributed by atoms with Crippen LogP contribution < -0.4 is 4.57 Å². The number of nitrogens with zero attached hydrogens (tertiary/aromatic N) is 2. The van der Waals surface area contributed by atoms with Gasteiger partial charge in [-0.15, -0.1) is 0 Å². The van der Waals surface area contributed by atoms with E-state index in [1.54, 1.807) is 0 Å². The Labute approximate surface area is 149 Å². The molecule has 124 valence electrons. The fourth-order valence-corrected chi connectivity index (χ4v) is 3.66. The van der Waals surface area contributed by atoms with E-state index in [1.807, 2.05) is 37.7 Å². The minimum Gasteiger partial charge on any atom is -0.232 e. The van der Waals surface area contributed by atoms with Gasteiger partial charge in [-0.2, -0.15) is 0 Å². The molecule has 2 heteroatoms. The topological polar surface area (TPSA) is 16.8 Å². The van der Waals surface area contributed by atoms with Crippen LogP contribution in [0.2, 0.25) is 0 Å². The SMILES string of the molecule is C=CC1=C(C=C)c2nc[n+](C)c(-c3ccc(C=C)c(C=C)c3C)c2C1. The predicted octanol–water partition coefficient (Wildman–Crippen LogP) is 4.85. The first-order valence-electron chi connectivity index (χ1n) is 8.32. The van der Waals surface area contributed by atoms with E-state index >= 15 is 0 Å². The van der Waals surface area contributed by atoms with E-state index in [0.29, 0.717) is 0 Å². The average molecular weight is 327 g/mol. The van der Waals surface area contributed by atoms with Crippen molar-refractivity contribution >= 4 is 17.7 Å². The molecular weight excluding hydrogens is 304 g/mol. The summed E-state index contributed by atoms with van der Waals surface area (Å²) in [5.41, 5.74) is 10.3. The molecule has 1 aromatic heterocycles. The smallest absolute Gasteiger partial charge is 0.232 e. The molecule has 0 saturated carbocycles. The number of benzene rings is 1. The van der Waals surface area contributed by atoms with Crippen molar-refractivity contribution in [2.45, 2.75) is 13.3 Å². The van der Waals surface area contributed by atoms with Gasteiger partial charge >= 0.3 is 0 Å². The van der Waals surface area contributed by atoms with Gasteiger partial charge in [0.15, 0.2) is 5.69 Å². The zero-order valence-electron chi connectivity index (χ0n) is 15.0. The molecule has 25 heavy (non-hydrogen) atoms. The molecule has 1 aliphatic carbocycles. The van der Waals surface area contributed by atoms with E-state index in [-0.39, 0.29) is 0 Å². The number of allylic oxidation sites excluding steroid dienone is 4. The number of aromatic nitrogens is 2. The summed E-state index contributed by atoms with van der Waals surface area (Å²) in [6, 6.07) is 4.26. The van der Waals surface area contributed by atoms with E-state index in [4.69, 9.17) is 0 Å². The minimum absolute atomic E-state index is 0.823. The third-order valence-corrected chi connectivity index (χ3v) is 4.93. The van der Waals surface area contributed by atoms with Gasteiger partial charge in [0.1, 0.15) is 5.69 Å². The van der Waals surface area contributed by atoms with Crippen LogP contribution in [-0.2, 0) is 13.5 Å². The van der Waals surface area contributed by atoms with Gasteiger partial charge in [0.2, 0.25) is 0 Å². The molecular formula is C23H23N2+. The Hall–Kier alpha value is -3.00. The first-order chi connectivity index (χ1) is 12.1. The van der Waals surface area contributed by atoms with Crippen molar-refractivity contribution in [3.05, 3.63) is 90.4 Å². The lowest BCUT2D eigenvalue weighted by Gasteiger charge is -2.14. The lowest BCUT2D eigenvalue weighted by atomic mass is 9.92. The molecule has 2 aromatic rings. The largest absolute Gasteiger partial charge is 0.287 e. The van der Waals surface area contributed by atoms with Gasteiger partial charge in [-0.3, -0.25) is 0 Å². The van der Waals surface area contributed by atoms with Crippen LogP contribution in [0.15, 0.2) is 62.5 Å². The third kappa shape index (κ3) is 2.51. The minimum atomic E-state index is 0.823. The highest BCUT2D eigenvalue weighted by Gasteiger charge is 2.30. The van der Waals surface area contributed by atoms with E-state index in [9.17, 15) is 0 Å². The van der Waals surface area contributed by atoms with Gasteiger partial charge in [-0.1, -0.05) is 56.7 Å². The molecule has 0 saturated heterocycles. The van der Waals surface area contributed by atoms with E-state index in [0.717, 1.165) is 28.8 Å². The summed E-state index contributed by atoms with van der Waals surface area (Å²) in [7, 11) is 2.04. The lowest BCUT2D eigenvalue weighted by Crippen LogP contribution is -2.33. The molecule has 3 rings (SSSR count). The summed E-state index contributed by atoms with van der Waals surface area (Å²) in [4.78, 5) is 4.65. The highest BCUT2D eigenvalue weighted by Crippen LogP contribution is 2.38. The maximum absolute atomic E-state index is 4.65. The van der Waals surface area contributed by atoms with Crippen molar-refractivity contribution in [2.75, 3.05) is 0 Å². The monoisotopic (exact) mass is 327 g/mol. The average Bonchev–Trinajstić information content (AvgIpc) is 2.99. The maximum Gasteiger partial charge on any atom is 0.287 e. The van der Waals surface area contributed by atoms with Gasteiger partial charge < -0.3 is 0 Å². The standard InChI is InChI=1S/C23H23N2/c1-7-16-11-12-20(15(5)18(16)9-3)23-21-13-17(8-2)19(10-4)22(21)24-14-25(23)6/h7-12,14H,1-4,13H2,5-6H3/q+1. The van der Waals surface area contributed by atoms with Crippen molar-refractivity contribution < 1.29 is 4.57 Å². The molecule has 0 aliphatic heterocycles. The molecule has 0 N–H and O–H groups in total. The highest BCUT2D eigenvalue weighted by atomic mass is 15.0. The summed E-state index contributed by atoms with van der Waals surface area (Å²) in [5, 5.41) is 0. The normalized spacial score (nSPS) is 12.7. The van der Waals surface area contributed by atoms with Crippen molar-refractivity contribution in [1.29, 1.82) is 0 Å². The molecule has 0 radical (unpaired) electrons. The molecule has 0 atom stereocenters. The van der Waals surface area contributed by atoms with Gasteiger partial charge in [0.25, 0.3) is 6.33 Å². The van der Waals surface area contributed by atoms with Crippen LogP contribution in [0.1, 0.15) is 27.9 Å². The van der Waals surface area contributed by atoms with E-state index in [2.05, 4.69) is 54.9 Å². The lowest BCUT2D eigenvalue weighted by molar-refractivity contribution is -0.663. The first kappa shape index (κ1) is 16.8. The van der Waals surface area contributed by atoms with E-state index in [1.165, 1.54) is 28.0 Å². The highest BCUT2D eigenvalue weighted by molar-refractivity contribution is 5.86. The Morgan fingerprint density at radius 1 is 1.04 bits per heavy atom. The molecule has 0 spiro atoms. The Balaban J connectivity index is 2.31. The zero-order chi connectivity index (χ0) is 18.1. The molecule has 0 fully saturated rings. The van der Waals surface area contributed by atoms with Crippen molar-refractivity contribution in [3.63, 3.8) is 0 Å². The second-order valence-corrected chi connectivity index (χ2v) is 6.20. The van der Waals surface area contributed by atoms with Gasteiger partial charge in [-0.05, 0) is 40.2 Å². The Morgan fingerprint density at radius 3 is 2.40 bits per heavy atom. The summed E-state index contributed by atoms with van der Waals surface area (Å²) in [5.74, 6) is 0. The zero-order valence-corrected chi connectivity index (χ0v) is 15.0. The van der Waals surface area contributed by atoms with Gasteiger partial charge in [0, 0.05) is 17.6 Å². The quantitative estimate of drug-likeness (QED) is 0.717. The summed E-state index contributed by atoms with van der Waals surface area (Å²) in [6.45, 7) is 17.9. The summed E-state index contributed by atoms with van der Waals surface area (Å²) >= 11 is 0. The molecule has 0 bridgehead atoms. The number of aryl methyl sites for hydroxylation is 1. The van der Waals surface area contributed by atoms with Gasteiger partial charge in [-0.25, -0.2) is 4.57 Å². The molecule has 0 amide bonds. The number of hydrogen-bond donors (Lipinski definition) is 0. The Bertz CT molecular complexity index is 959. The summed E-state index contributed by atoms with van der Waals surface area (Å²) in [6.07, 6.45) is 10.3. The van der Waals surface area contributed by atoms with Crippen molar-refractivity contribution in [3.8, 4) is 11.3 Å². The van der Waals surface area contributed by atoms with Crippen LogP contribution in [-0.4, -0.2) is 4.98 Å². The van der Waals surface area contributed by atoms with Crippen molar-refractivity contribution in [1.82, 2.24) is 4.98 Å². The Morgan fingerprint density at radius 2 is 1.80 bits per heavy atom. The third-order valence-electron chi connectivity index (χ3n) is 4.93. The molecule has 2 nitrogen and oxygen atoms in total. The molecule has 1 aromatic carbocycles. The van der Waals surface area contributed by atoms with Crippen LogP contribution in [0.4, 0.5) is 0 Å². The second kappa shape index (κ2) is 6.48. The van der Waals surface area contributed by atoms with Crippen LogP contribution in [0.5, 0.6) is 0 Å².